The molecule has 166 valence electrons. The van der Waals surface area contributed by atoms with Gasteiger partial charge in [0.2, 0.25) is 0 Å². The lowest BCUT2D eigenvalue weighted by Crippen LogP contribution is -2.13. The zero-order chi connectivity index (χ0) is 23.0. The monoisotopic (exact) mass is 450 g/mol. The van der Waals surface area contributed by atoms with Crippen molar-refractivity contribution in [2.75, 3.05) is 19.5 Å². The smallest absolute Gasteiger partial charge is 0.256 e. The van der Waals surface area contributed by atoms with Gasteiger partial charge in [-0.3, -0.25) is 4.79 Å². The zero-order valence-corrected chi connectivity index (χ0v) is 19.8. The molecule has 0 saturated heterocycles. The van der Waals surface area contributed by atoms with Crippen molar-refractivity contribution in [3.05, 3.63) is 51.8 Å². The Morgan fingerprint density at radius 1 is 1.09 bits per heavy atom. The fourth-order valence-corrected chi connectivity index (χ4v) is 4.65. The van der Waals surface area contributed by atoms with Crippen molar-refractivity contribution in [3.8, 4) is 22.8 Å². The third kappa shape index (κ3) is 3.93. The summed E-state index contributed by atoms with van der Waals surface area (Å²) in [4.78, 5) is 20.6. The fourth-order valence-electron chi connectivity index (χ4n) is 3.72. The average molecular weight is 451 g/mol. The highest BCUT2D eigenvalue weighted by Gasteiger charge is 2.20. The lowest BCUT2D eigenvalue weighted by Gasteiger charge is -2.12. The van der Waals surface area contributed by atoms with Crippen molar-refractivity contribution < 1.29 is 14.3 Å². The highest BCUT2D eigenvalue weighted by atomic mass is 32.1. The second-order valence-electron chi connectivity index (χ2n) is 7.83. The van der Waals surface area contributed by atoms with E-state index in [0.29, 0.717) is 33.8 Å². The lowest BCUT2D eigenvalue weighted by molar-refractivity contribution is 0.102. The molecule has 0 fully saturated rings. The first-order chi connectivity index (χ1) is 15.3. The first kappa shape index (κ1) is 21.8. The number of hydrogen-bond donors (Lipinski definition) is 1. The number of thiophene rings is 1. The lowest BCUT2D eigenvalue weighted by atomic mass is 10.1. The Morgan fingerprint density at radius 3 is 2.47 bits per heavy atom. The summed E-state index contributed by atoms with van der Waals surface area (Å²) >= 11 is 1.72. The van der Waals surface area contributed by atoms with E-state index in [4.69, 9.17) is 14.5 Å². The van der Waals surface area contributed by atoms with E-state index >= 15 is 0 Å². The molecule has 0 bridgehead atoms. The Bertz CT molecular complexity index is 1310. The van der Waals surface area contributed by atoms with Crippen molar-refractivity contribution >= 4 is 34.0 Å². The topological polar surface area (TPSA) is 78.3 Å². The normalized spacial score (nSPS) is 11.2. The molecule has 1 N–H and O–H groups in total. The van der Waals surface area contributed by atoms with Crippen LogP contribution in [0.1, 0.15) is 40.0 Å². The van der Waals surface area contributed by atoms with Crippen LogP contribution in [0.15, 0.2) is 36.5 Å². The number of pyridine rings is 1. The average Bonchev–Trinajstić information content (AvgIpc) is 3.35. The van der Waals surface area contributed by atoms with Crippen LogP contribution in [-0.4, -0.2) is 34.9 Å². The third-order valence-electron chi connectivity index (χ3n) is 5.26. The van der Waals surface area contributed by atoms with Gasteiger partial charge in [0.25, 0.3) is 5.91 Å². The van der Waals surface area contributed by atoms with Gasteiger partial charge in [0.15, 0.2) is 17.1 Å². The van der Waals surface area contributed by atoms with E-state index in [9.17, 15) is 4.79 Å². The van der Waals surface area contributed by atoms with E-state index in [0.717, 1.165) is 16.1 Å². The molecule has 3 heterocycles. The first-order valence-electron chi connectivity index (χ1n) is 10.3. The molecule has 0 radical (unpaired) electrons. The van der Waals surface area contributed by atoms with E-state index in [1.807, 2.05) is 24.6 Å². The second kappa shape index (κ2) is 8.63. The molecule has 0 atom stereocenters. The number of nitrogens with zero attached hydrogens (tertiary/aromatic N) is 3. The largest absolute Gasteiger partial charge is 0.493 e. The number of aromatic nitrogens is 3. The molecule has 3 aromatic heterocycles. The highest BCUT2D eigenvalue weighted by molar-refractivity contribution is 7.12. The number of nitrogens with one attached hydrogen (secondary N) is 1. The Labute approximate surface area is 191 Å². The molecule has 1 amide bonds. The van der Waals surface area contributed by atoms with Crippen molar-refractivity contribution in [2.45, 2.75) is 33.7 Å². The fraction of sp³-hybridized carbons (Fsp3) is 0.292. The van der Waals surface area contributed by atoms with Gasteiger partial charge >= 0.3 is 0 Å². The Balaban J connectivity index is 1.82. The summed E-state index contributed by atoms with van der Waals surface area (Å²) < 4.78 is 12.5. The maximum atomic E-state index is 13.4. The van der Waals surface area contributed by atoms with Crippen LogP contribution < -0.4 is 14.8 Å². The molecular formula is C24H26N4O3S. The van der Waals surface area contributed by atoms with Gasteiger partial charge in [0.1, 0.15) is 0 Å². The van der Waals surface area contributed by atoms with Crippen LogP contribution in [0.3, 0.4) is 0 Å². The van der Waals surface area contributed by atoms with Gasteiger partial charge in [-0.05, 0) is 52.0 Å². The number of rotatable bonds is 6. The number of fused-ring (bicyclic) bond motifs is 1. The number of carbonyl (C=O) groups excluding carboxylic acids is 1. The van der Waals surface area contributed by atoms with Crippen molar-refractivity contribution in [1.29, 1.82) is 0 Å². The number of methoxy groups -OCH3 is 2. The molecule has 4 aromatic rings. The van der Waals surface area contributed by atoms with Crippen LogP contribution in [0.5, 0.6) is 11.5 Å². The number of aryl methyl sites for hydroxylation is 2. The van der Waals surface area contributed by atoms with E-state index in [2.05, 4.69) is 30.3 Å². The predicted octanol–water partition coefficient (Wildman–Crippen LogP) is 5.63. The standard InChI is InChI=1S/C24H26N4O3S/c1-13(2)28-23-19(12-25-28)18(11-20(27-23)17-9-14(3)32-15(17)4)24(29)26-16-7-8-21(30-5)22(10-16)31-6/h7-13H,1-6H3,(H,26,29). The van der Waals surface area contributed by atoms with Gasteiger partial charge in [0.05, 0.1) is 37.1 Å². The molecule has 0 aliphatic rings. The molecule has 7 nitrogen and oxygen atoms in total. The molecule has 0 unspecified atom stereocenters. The first-order valence-corrected chi connectivity index (χ1v) is 11.1. The van der Waals surface area contributed by atoms with Gasteiger partial charge in [-0.25, -0.2) is 9.67 Å². The van der Waals surface area contributed by atoms with Gasteiger partial charge < -0.3 is 14.8 Å². The van der Waals surface area contributed by atoms with Gasteiger partial charge in [-0.2, -0.15) is 5.10 Å². The minimum Gasteiger partial charge on any atom is -0.493 e. The third-order valence-corrected chi connectivity index (χ3v) is 6.22. The number of amides is 1. The Kier molecular flexibility index (Phi) is 5.88. The van der Waals surface area contributed by atoms with Crippen LogP contribution in [0.4, 0.5) is 5.69 Å². The molecular weight excluding hydrogens is 424 g/mol. The van der Waals surface area contributed by atoms with E-state index in [1.165, 1.54) is 4.88 Å². The van der Waals surface area contributed by atoms with Crippen LogP contribution in [0, 0.1) is 13.8 Å². The van der Waals surface area contributed by atoms with E-state index in [1.54, 1.807) is 50.0 Å². The summed E-state index contributed by atoms with van der Waals surface area (Å²) in [5, 5.41) is 8.19. The van der Waals surface area contributed by atoms with Gasteiger partial charge in [-0.1, -0.05) is 0 Å². The summed E-state index contributed by atoms with van der Waals surface area (Å²) in [5.41, 5.74) is 3.62. The Morgan fingerprint density at radius 2 is 1.84 bits per heavy atom. The highest BCUT2D eigenvalue weighted by Crippen LogP contribution is 2.34. The SMILES string of the molecule is COc1ccc(NC(=O)c2cc(-c3cc(C)sc3C)nc3c2cnn3C(C)C)cc1OC. The van der Waals surface area contributed by atoms with Crippen molar-refractivity contribution in [3.63, 3.8) is 0 Å². The van der Waals surface area contributed by atoms with E-state index < -0.39 is 0 Å². The molecule has 1 aromatic carbocycles. The van der Waals surface area contributed by atoms with Crippen LogP contribution in [0.25, 0.3) is 22.3 Å². The maximum Gasteiger partial charge on any atom is 0.256 e. The van der Waals surface area contributed by atoms with Gasteiger partial charge in [0, 0.05) is 33.1 Å². The molecule has 0 spiro atoms. The Hall–Kier alpha value is -3.39. The summed E-state index contributed by atoms with van der Waals surface area (Å²) in [6, 6.07) is 9.35. The molecule has 32 heavy (non-hydrogen) atoms. The summed E-state index contributed by atoms with van der Waals surface area (Å²) in [6.45, 7) is 8.24. The number of hydrogen-bond acceptors (Lipinski definition) is 6. The summed E-state index contributed by atoms with van der Waals surface area (Å²) in [7, 11) is 3.14. The maximum absolute atomic E-state index is 13.4. The summed E-state index contributed by atoms with van der Waals surface area (Å²) in [5.74, 6) is 0.905. The van der Waals surface area contributed by atoms with Crippen LogP contribution in [0.2, 0.25) is 0 Å². The van der Waals surface area contributed by atoms with Crippen molar-refractivity contribution in [2.24, 2.45) is 0 Å². The number of carbonyl (C=O) groups is 1. The number of ether oxygens (including phenoxy) is 2. The number of benzene rings is 1. The molecule has 0 aliphatic heterocycles. The molecule has 4 rings (SSSR count). The molecule has 8 heteroatoms. The quantitative estimate of drug-likeness (QED) is 0.412. The van der Waals surface area contributed by atoms with Crippen LogP contribution in [-0.2, 0) is 0 Å². The second-order valence-corrected chi connectivity index (χ2v) is 9.29. The van der Waals surface area contributed by atoms with E-state index in [-0.39, 0.29) is 11.9 Å². The van der Waals surface area contributed by atoms with Crippen LogP contribution >= 0.6 is 11.3 Å². The minimum atomic E-state index is -0.237. The predicted molar refractivity (Wildman–Crippen MR) is 128 cm³/mol. The molecule has 0 saturated carbocycles. The minimum absolute atomic E-state index is 0.113. The molecule has 0 aliphatic carbocycles. The zero-order valence-electron chi connectivity index (χ0n) is 19.0. The van der Waals surface area contributed by atoms with Crippen molar-refractivity contribution in [1.82, 2.24) is 14.8 Å². The van der Waals surface area contributed by atoms with Gasteiger partial charge in [-0.15, -0.1) is 11.3 Å². The number of anilines is 1. The summed E-state index contributed by atoms with van der Waals surface area (Å²) in [6.07, 6.45) is 1.71.